The zero-order chi connectivity index (χ0) is 18.6. The SMILES string of the molecule is CN(C)c1ccc([C@@H]2[NH2+]C[C@@H](CSc3nncn3-c3ccccc3)O2)cc1. The first-order chi connectivity index (χ1) is 13.2. The average Bonchev–Trinajstić information content (AvgIpc) is 3.36. The van der Waals surface area contributed by atoms with E-state index in [0.29, 0.717) is 0 Å². The Hall–Kier alpha value is -2.35. The summed E-state index contributed by atoms with van der Waals surface area (Å²) in [4.78, 5) is 2.10. The molecule has 1 aliphatic rings. The van der Waals surface area contributed by atoms with Crippen LogP contribution in [0, 0.1) is 0 Å². The molecule has 0 saturated carbocycles. The Labute approximate surface area is 163 Å². The summed E-state index contributed by atoms with van der Waals surface area (Å²) in [6.07, 6.45) is 2.02. The number of hydrogen-bond acceptors (Lipinski definition) is 5. The van der Waals surface area contributed by atoms with Gasteiger partial charge in [-0.3, -0.25) is 4.57 Å². The van der Waals surface area contributed by atoms with Gasteiger partial charge in [0.25, 0.3) is 0 Å². The van der Waals surface area contributed by atoms with Crippen molar-refractivity contribution in [3.05, 3.63) is 66.5 Å². The third-order valence-corrected chi connectivity index (χ3v) is 5.71. The highest BCUT2D eigenvalue weighted by Crippen LogP contribution is 2.24. The number of nitrogens with two attached hydrogens (primary N) is 1. The number of benzene rings is 2. The Balaban J connectivity index is 1.35. The predicted octanol–water partition coefficient (Wildman–Crippen LogP) is 2.09. The number of hydrogen-bond donors (Lipinski definition) is 1. The predicted molar refractivity (Wildman–Crippen MR) is 107 cm³/mol. The van der Waals surface area contributed by atoms with Crippen molar-refractivity contribution in [2.75, 3.05) is 31.3 Å². The number of ether oxygens (including phenoxy) is 1. The van der Waals surface area contributed by atoms with Crippen molar-refractivity contribution in [2.45, 2.75) is 17.5 Å². The van der Waals surface area contributed by atoms with Crippen LogP contribution < -0.4 is 10.2 Å². The number of nitrogens with zero attached hydrogens (tertiary/aromatic N) is 4. The Morgan fingerprint density at radius 3 is 2.67 bits per heavy atom. The molecule has 1 aromatic heterocycles. The molecule has 0 unspecified atom stereocenters. The molecule has 0 amide bonds. The standard InChI is InChI=1S/C20H23N5OS/c1-24(2)16-10-8-15(9-11-16)19-21-12-18(26-19)13-27-20-23-22-14-25(20)17-6-4-3-5-7-17/h3-11,14,18-19,21H,12-13H2,1-2H3/p+1/t18-,19+/m0/s1. The molecule has 1 saturated heterocycles. The van der Waals surface area contributed by atoms with Crippen LogP contribution in [0.4, 0.5) is 5.69 Å². The van der Waals surface area contributed by atoms with Gasteiger partial charge in [0.05, 0.1) is 0 Å². The lowest BCUT2D eigenvalue weighted by Crippen LogP contribution is -2.82. The van der Waals surface area contributed by atoms with E-state index < -0.39 is 0 Å². The van der Waals surface area contributed by atoms with Crippen LogP contribution in [0.1, 0.15) is 11.8 Å². The Kier molecular flexibility index (Phi) is 5.42. The Morgan fingerprint density at radius 2 is 1.93 bits per heavy atom. The maximum atomic E-state index is 6.24. The molecule has 2 heterocycles. The van der Waals surface area contributed by atoms with Crippen LogP contribution in [0.15, 0.2) is 66.1 Å². The van der Waals surface area contributed by atoms with Gasteiger partial charge in [-0.1, -0.05) is 30.0 Å². The Morgan fingerprint density at radius 1 is 1.15 bits per heavy atom. The Bertz CT molecular complexity index is 866. The van der Waals surface area contributed by atoms with Crippen LogP contribution in [-0.4, -0.2) is 47.3 Å². The van der Waals surface area contributed by atoms with Crippen LogP contribution in [0.2, 0.25) is 0 Å². The minimum atomic E-state index is 0.0683. The molecule has 0 aliphatic carbocycles. The molecule has 3 aromatic rings. The van der Waals surface area contributed by atoms with Gasteiger partial charge in [-0.05, 0) is 36.4 Å². The molecule has 7 heteroatoms. The summed E-state index contributed by atoms with van der Waals surface area (Å²) in [7, 11) is 4.10. The second kappa shape index (κ2) is 8.12. The third kappa shape index (κ3) is 4.16. The van der Waals surface area contributed by atoms with E-state index in [1.54, 1.807) is 18.1 Å². The lowest BCUT2D eigenvalue weighted by molar-refractivity contribution is -0.697. The number of aromatic nitrogens is 3. The zero-order valence-corrected chi connectivity index (χ0v) is 16.3. The van der Waals surface area contributed by atoms with Gasteiger partial charge in [0.1, 0.15) is 19.0 Å². The minimum Gasteiger partial charge on any atom is -0.378 e. The average molecular weight is 383 g/mol. The summed E-state index contributed by atoms with van der Waals surface area (Å²) >= 11 is 1.69. The number of rotatable bonds is 6. The summed E-state index contributed by atoms with van der Waals surface area (Å²) in [5.74, 6) is 0.855. The summed E-state index contributed by atoms with van der Waals surface area (Å²) in [5.41, 5.74) is 3.48. The lowest BCUT2D eigenvalue weighted by Gasteiger charge is -2.14. The smallest absolute Gasteiger partial charge is 0.217 e. The van der Waals surface area contributed by atoms with E-state index in [2.05, 4.69) is 70.9 Å². The van der Waals surface area contributed by atoms with Crippen LogP contribution in [0.25, 0.3) is 5.69 Å². The number of thioether (sulfide) groups is 1. The maximum Gasteiger partial charge on any atom is 0.217 e. The second-order valence-corrected chi connectivity index (χ2v) is 7.75. The first-order valence-corrected chi connectivity index (χ1v) is 10.0. The van der Waals surface area contributed by atoms with Crippen molar-refractivity contribution in [3.8, 4) is 5.69 Å². The monoisotopic (exact) mass is 382 g/mol. The summed E-state index contributed by atoms with van der Waals surface area (Å²) < 4.78 is 8.26. The van der Waals surface area contributed by atoms with Crippen LogP contribution in [0.5, 0.6) is 0 Å². The van der Waals surface area contributed by atoms with Gasteiger partial charge in [0.2, 0.25) is 6.23 Å². The van der Waals surface area contributed by atoms with Crippen molar-refractivity contribution in [1.29, 1.82) is 0 Å². The minimum absolute atomic E-state index is 0.0683. The van der Waals surface area contributed by atoms with Crippen LogP contribution >= 0.6 is 11.8 Å². The molecule has 2 N–H and O–H groups in total. The molecular weight excluding hydrogens is 358 g/mol. The molecule has 27 heavy (non-hydrogen) atoms. The lowest BCUT2D eigenvalue weighted by atomic mass is 10.2. The van der Waals surface area contributed by atoms with E-state index >= 15 is 0 Å². The largest absolute Gasteiger partial charge is 0.378 e. The number of quaternary nitrogens is 1. The molecule has 2 aromatic carbocycles. The number of anilines is 1. The fraction of sp³-hybridized carbons (Fsp3) is 0.300. The summed E-state index contributed by atoms with van der Waals surface area (Å²) in [5, 5.41) is 11.5. The van der Waals surface area contributed by atoms with Crippen LogP contribution in [-0.2, 0) is 4.74 Å². The van der Waals surface area contributed by atoms with E-state index in [9.17, 15) is 0 Å². The molecule has 4 rings (SSSR count). The van der Waals surface area contributed by atoms with Gasteiger partial charge >= 0.3 is 0 Å². The van der Waals surface area contributed by atoms with E-state index in [4.69, 9.17) is 4.74 Å². The number of para-hydroxylation sites is 1. The van der Waals surface area contributed by atoms with Crippen molar-refractivity contribution in [1.82, 2.24) is 14.8 Å². The highest BCUT2D eigenvalue weighted by atomic mass is 32.2. The van der Waals surface area contributed by atoms with Crippen molar-refractivity contribution < 1.29 is 10.1 Å². The van der Waals surface area contributed by atoms with Gasteiger partial charge in [-0.15, -0.1) is 10.2 Å². The topological polar surface area (TPSA) is 59.8 Å². The zero-order valence-electron chi connectivity index (χ0n) is 15.5. The first kappa shape index (κ1) is 18.0. The van der Waals surface area contributed by atoms with Gasteiger partial charge in [-0.2, -0.15) is 0 Å². The molecule has 2 atom stereocenters. The molecule has 0 bridgehead atoms. The molecule has 1 aliphatic heterocycles. The fourth-order valence-corrected chi connectivity index (χ4v) is 4.08. The molecule has 0 spiro atoms. The summed E-state index contributed by atoms with van der Waals surface area (Å²) in [6, 6.07) is 18.7. The highest BCUT2D eigenvalue weighted by Gasteiger charge is 2.30. The fourth-order valence-electron chi connectivity index (χ4n) is 3.13. The van der Waals surface area contributed by atoms with E-state index in [1.807, 2.05) is 22.8 Å². The molecule has 6 nitrogen and oxygen atoms in total. The van der Waals surface area contributed by atoms with Crippen LogP contribution in [0.3, 0.4) is 0 Å². The first-order valence-electron chi connectivity index (χ1n) is 9.05. The van der Waals surface area contributed by atoms with Gasteiger partial charge in [-0.25, -0.2) is 0 Å². The van der Waals surface area contributed by atoms with Crippen molar-refractivity contribution >= 4 is 17.4 Å². The quantitative estimate of drug-likeness (QED) is 0.662. The highest BCUT2D eigenvalue weighted by molar-refractivity contribution is 7.99. The normalized spacial score (nSPS) is 19.3. The molecule has 1 fully saturated rings. The van der Waals surface area contributed by atoms with E-state index in [-0.39, 0.29) is 12.3 Å². The van der Waals surface area contributed by atoms with Crippen molar-refractivity contribution in [3.63, 3.8) is 0 Å². The summed E-state index contributed by atoms with van der Waals surface area (Å²) in [6.45, 7) is 0.951. The maximum absolute atomic E-state index is 6.24. The van der Waals surface area contributed by atoms with Gasteiger partial charge in [0.15, 0.2) is 5.16 Å². The third-order valence-electron chi connectivity index (χ3n) is 4.64. The van der Waals surface area contributed by atoms with Gasteiger partial charge in [0, 0.05) is 36.8 Å². The molecule has 140 valence electrons. The molecular formula is C20H24N5OS+. The van der Waals surface area contributed by atoms with E-state index in [0.717, 1.165) is 23.1 Å². The molecule has 0 radical (unpaired) electrons. The van der Waals surface area contributed by atoms with Gasteiger partial charge < -0.3 is 15.0 Å². The van der Waals surface area contributed by atoms with Crippen molar-refractivity contribution in [2.24, 2.45) is 0 Å². The van der Waals surface area contributed by atoms with E-state index in [1.165, 1.54) is 11.3 Å². The second-order valence-electron chi connectivity index (χ2n) is 6.77.